The van der Waals surface area contributed by atoms with Gasteiger partial charge >= 0.3 is 0 Å². The van der Waals surface area contributed by atoms with Gasteiger partial charge in [0.05, 0.1) is 14.7 Å². The molecular formula is C61H86N4O7S3. The van der Waals surface area contributed by atoms with E-state index in [1.54, 1.807) is 51.1 Å². The first-order valence-electron chi connectivity index (χ1n) is 27.9. The van der Waals surface area contributed by atoms with E-state index in [0.717, 1.165) is 125 Å². The standard InChI is InChI=1S/C61H86N4O7S3/c1-7-13-17-23-43-64(44-24-18-14-8-2)73(66,67)57-31-27-29-51(47-57)49-62(11-5)55-39-35-53(36-40-55)61(59-33-21-22-34-60(59)75(70,71)72)54-37-41-56(42-38-54)63(12-6)50-52-30-28-32-58(48-52)74(68,69)65(45-25-19-15-9-3)46-26-20-16-10-4/h21-22,27-42,47-48H,7-20,23-26,43-46,49-50H2,1-6H3. The first kappa shape index (κ1) is 61.2. The highest BCUT2D eigenvalue weighted by atomic mass is 32.2. The second-order valence-corrected chi connectivity index (χ2v) is 25.0. The topological polar surface area (TPSA) is 138 Å². The summed E-state index contributed by atoms with van der Waals surface area (Å²) in [6.45, 7) is 17.0. The van der Waals surface area contributed by atoms with Crippen LogP contribution in [-0.4, -0.2) is 88.0 Å². The normalized spacial score (nSPS) is 13.1. The van der Waals surface area contributed by atoms with E-state index in [4.69, 9.17) is 0 Å². The van der Waals surface area contributed by atoms with Crippen LogP contribution in [0, 0.1) is 0 Å². The SMILES string of the molecule is CCCCCCN(CCCCCC)S(=O)(=O)c1cccc(CN(CC)c2ccc(C(=C3C=CC(=[N+](CC)Cc4cccc(S(=O)(=O)N(CCCCCC)CCCCCC)c4)C=C3)c3ccccc3S(=O)(=O)[O-])cc2)c1. The predicted octanol–water partition coefficient (Wildman–Crippen LogP) is 13.5. The molecule has 5 rings (SSSR count). The molecule has 11 nitrogen and oxygen atoms in total. The maximum atomic E-state index is 14.2. The molecule has 0 N–H and O–H groups in total. The number of rotatable bonds is 34. The van der Waals surface area contributed by atoms with E-state index in [1.807, 2.05) is 72.8 Å². The molecule has 0 unspecified atom stereocenters. The van der Waals surface area contributed by atoms with Crippen molar-refractivity contribution in [2.45, 2.75) is 172 Å². The van der Waals surface area contributed by atoms with Gasteiger partial charge in [-0.1, -0.05) is 159 Å². The van der Waals surface area contributed by atoms with Crippen LogP contribution in [0.15, 0.2) is 142 Å². The smallest absolute Gasteiger partial charge is 0.243 e. The number of unbranched alkanes of at least 4 members (excludes halogenated alkanes) is 12. The molecule has 4 aromatic rings. The van der Waals surface area contributed by atoms with Gasteiger partial charge in [-0.15, -0.1) is 0 Å². The Bertz CT molecular complexity index is 2850. The van der Waals surface area contributed by atoms with Gasteiger partial charge in [-0.3, -0.25) is 0 Å². The third-order valence-electron chi connectivity index (χ3n) is 14.1. The summed E-state index contributed by atoms with van der Waals surface area (Å²) in [5, 5.41) is 0. The minimum absolute atomic E-state index is 0.290. The van der Waals surface area contributed by atoms with Crippen LogP contribution in [0.25, 0.3) is 5.57 Å². The lowest BCUT2D eigenvalue weighted by atomic mass is 9.90. The minimum atomic E-state index is -4.86. The molecule has 0 aromatic heterocycles. The summed E-state index contributed by atoms with van der Waals surface area (Å²) in [4.78, 5) is 2.46. The summed E-state index contributed by atoms with van der Waals surface area (Å²) < 4.78 is 101. The van der Waals surface area contributed by atoms with Gasteiger partial charge in [0.2, 0.25) is 20.0 Å². The molecular weight excluding hydrogens is 997 g/mol. The average Bonchev–Trinajstić information content (AvgIpc) is 3.41. The van der Waals surface area contributed by atoms with Gasteiger partial charge in [0, 0.05) is 68.2 Å². The fraction of sp³-hybridized carbons (Fsp3) is 0.492. The monoisotopic (exact) mass is 1080 g/mol. The van der Waals surface area contributed by atoms with E-state index in [1.165, 1.54) is 6.07 Å². The molecule has 1 aliphatic carbocycles. The molecule has 4 aromatic carbocycles. The van der Waals surface area contributed by atoms with Crippen LogP contribution in [0.1, 0.15) is 167 Å². The Kier molecular flexibility index (Phi) is 25.2. The summed E-state index contributed by atoms with van der Waals surface area (Å²) in [7, 11) is -12.3. The molecule has 0 aliphatic heterocycles. The van der Waals surface area contributed by atoms with Crippen molar-refractivity contribution < 1.29 is 34.4 Å². The van der Waals surface area contributed by atoms with E-state index in [0.29, 0.717) is 84.4 Å². The van der Waals surface area contributed by atoms with E-state index < -0.39 is 30.2 Å². The third kappa shape index (κ3) is 17.9. The lowest BCUT2D eigenvalue weighted by Gasteiger charge is -2.25. The Balaban J connectivity index is 1.44. The van der Waals surface area contributed by atoms with Gasteiger partial charge in [-0.2, -0.15) is 8.61 Å². The lowest BCUT2D eigenvalue weighted by Crippen LogP contribution is -2.33. The third-order valence-corrected chi connectivity index (χ3v) is 18.8. The van der Waals surface area contributed by atoms with Crippen LogP contribution in [0.5, 0.6) is 0 Å². The second-order valence-electron chi connectivity index (χ2n) is 19.8. The largest absolute Gasteiger partial charge is 0.744 e. The zero-order valence-corrected chi connectivity index (χ0v) is 48.3. The number of anilines is 1. The van der Waals surface area contributed by atoms with E-state index in [2.05, 4.69) is 51.0 Å². The Labute approximate surface area is 453 Å². The van der Waals surface area contributed by atoms with Gasteiger partial charge in [-0.25, -0.2) is 29.8 Å². The molecule has 75 heavy (non-hydrogen) atoms. The molecule has 0 saturated carbocycles. The number of hydrogen-bond donors (Lipinski definition) is 0. The lowest BCUT2D eigenvalue weighted by molar-refractivity contribution is -0.539. The van der Waals surface area contributed by atoms with Crippen LogP contribution in [-0.2, 0) is 43.3 Å². The van der Waals surface area contributed by atoms with E-state index in [-0.39, 0.29) is 4.90 Å². The van der Waals surface area contributed by atoms with Crippen molar-refractivity contribution in [2.75, 3.05) is 44.2 Å². The summed E-state index contributed by atoms with van der Waals surface area (Å²) in [5.74, 6) is 0. The summed E-state index contributed by atoms with van der Waals surface area (Å²) in [5.41, 5.74) is 5.81. The maximum absolute atomic E-state index is 14.2. The van der Waals surface area contributed by atoms with Crippen LogP contribution in [0.3, 0.4) is 0 Å². The number of nitrogens with zero attached hydrogens (tertiary/aromatic N) is 4. The van der Waals surface area contributed by atoms with Crippen molar-refractivity contribution in [3.63, 3.8) is 0 Å². The molecule has 0 spiro atoms. The highest BCUT2D eigenvalue weighted by Crippen LogP contribution is 2.35. The highest BCUT2D eigenvalue weighted by molar-refractivity contribution is 7.89. The highest BCUT2D eigenvalue weighted by Gasteiger charge is 2.27. The van der Waals surface area contributed by atoms with Gasteiger partial charge in [0.15, 0.2) is 12.3 Å². The second kappa shape index (κ2) is 30.9. The van der Waals surface area contributed by atoms with Crippen molar-refractivity contribution in [1.82, 2.24) is 8.61 Å². The maximum Gasteiger partial charge on any atom is 0.243 e. The fourth-order valence-corrected chi connectivity index (χ4v) is 13.6. The van der Waals surface area contributed by atoms with Crippen molar-refractivity contribution in [2.24, 2.45) is 0 Å². The van der Waals surface area contributed by atoms with Crippen LogP contribution < -0.4 is 4.90 Å². The van der Waals surface area contributed by atoms with Gasteiger partial charge in [-0.05, 0) is 116 Å². The molecule has 0 heterocycles. The number of sulfonamides is 2. The molecule has 0 bridgehead atoms. The van der Waals surface area contributed by atoms with Crippen LogP contribution in [0.4, 0.5) is 5.69 Å². The molecule has 0 amide bonds. The minimum Gasteiger partial charge on any atom is -0.744 e. The Hall–Kier alpha value is -4.70. The zero-order valence-electron chi connectivity index (χ0n) is 45.9. The van der Waals surface area contributed by atoms with Crippen molar-refractivity contribution in [1.29, 1.82) is 0 Å². The molecule has 1 aliphatic rings. The molecule has 0 saturated heterocycles. The summed E-state index contributed by atoms with van der Waals surface area (Å²) in [6.07, 6.45) is 23.9. The molecule has 0 atom stereocenters. The number of allylic oxidation sites excluding steroid dienone is 5. The Morgan fingerprint density at radius 2 is 0.973 bits per heavy atom. The van der Waals surface area contributed by atoms with E-state index >= 15 is 0 Å². The average molecular weight is 1080 g/mol. The quantitative estimate of drug-likeness (QED) is 0.0256. The number of hydrogen-bond acceptors (Lipinski definition) is 8. The van der Waals surface area contributed by atoms with Crippen molar-refractivity contribution >= 4 is 47.1 Å². The number of benzene rings is 4. The van der Waals surface area contributed by atoms with Crippen molar-refractivity contribution in [3.05, 3.63) is 149 Å². The van der Waals surface area contributed by atoms with Gasteiger partial charge < -0.3 is 9.45 Å². The molecule has 0 fully saturated rings. The molecule has 0 radical (unpaired) electrons. The summed E-state index contributed by atoms with van der Waals surface area (Å²) in [6, 6.07) is 28.7. The van der Waals surface area contributed by atoms with E-state index in [9.17, 15) is 29.8 Å². The van der Waals surface area contributed by atoms with Crippen LogP contribution >= 0.6 is 0 Å². The van der Waals surface area contributed by atoms with Gasteiger partial charge in [0.25, 0.3) is 0 Å². The predicted molar refractivity (Wildman–Crippen MR) is 308 cm³/mol. The van der Waals surface area contributed by atoms with Crippen molar-refractivity contribution in [3.8, 4) is 0 Å². The Morgan fingerprint density at radius 3 is 1.43 bits per heavy atom. The molecule has 410 valence electrons. The van der Waals surface area contributed by atoms with Gasteiger partial charge in [0.1, 0.15) is 16.7 Å². The van der Waals surface area contributed by atoms with Crippen LogP contribution in [0.2, 0.25) is 0 Å². The first-order chi connectivity index (χ1) is 36.1. The molecule has 14 heteroatoms. The Morgan fingerprint density at radius 1 is 0.507 bits per heavy atom. The fourth-order valence-electron chi connectivity index (χ4n) is 9.73. The first-order valence-corrected chi connectivity index (χ1v) is 32.2. The zero-order chi connectivity index (χ0) is 54.3. The summed E-state index contributed by atoms with van der Waals surface area (Å²) >= 11 is 0.